The highest BCUT2D eigenvalue weighted by molar-refractivity contribution is 5.80. The molecule has 2 fully saturated rings. The molecular formula is C25H29N7O2. The molecule has 9 nitrogen and oxygen atoms in total. The van der Waals surface area contributed by atoms with Crippen LogP contribution in [-0.2, 0) is 11.3 Å². The van der Waals surface area contributed by atoms with Crippen molar-refractivity contribution in [2.45, 2.75) is 19.4 Å². The van der Waals surface area contributed by atoms with Crippen LogP contribution in [0, 0.1) is 5.92 Å². The number of carbonyl (C=O) groups excluding carboxylic acids is 1. The van der Waals surface area contributed by atoms with Gasteiger partial charge in [0.25, 0.3) is 5.56 Å². The molecule has 0 spiro atoms. The largest absolute Gasteiger partial charge is 0.369 e. The molecule has 4 heterocycles. The Morgan fingerprint density at radius 3 is 2.44 bits per heavy atom. The van der Waals surface area contributed by atoms with Gasteiger partial charge in [-0.3, -0.25) is 9.59 Å². The highest BCUT2D eigenvalue weighted by Gasteiger charge is 2.31. The maximum Gasteiger partial charge on any atom is 0.269 e. The Morgan fingerprint density at radius 2 is 1.71 bits per heavy atom. The molecule has 0 unspecified atom stereocenters. The molecule has 9 heteroatoms. The Labute approximate surface area is 198 Å². The molecule has 5 rings (SSSR count). The summed E-state index contributed by atoms with van der Waals surface area (Å²) in [5.41, 5.74) is 1.69. The Kier molecular flexibility index (Phi) is 6.51. The highest BCUT2D eigenvalue weighted by Crippen LogP contribution is 2.24. The third-order valence-electron chi connectivity index (χ3n) is 6.59. The first-order chi connectivity index (χ1) is 16.7. The van der Waals surface area contributed by atoms with Crippen molar-refractivity contribution >= 4 is 17.5 Å². The third kappa shape index (κ3) is 4.93. The van der Waals surface area contributed by atoms with Crippen LogP contribution >= 0.6 is 0 Å². The number of aromatic nitrogens is 4. The lowest BCUT2D eigenvalue weighted by molar-refractivity contribution is -0.136. The van der Waals surface area contributed by atoms with Crippen LogP contribution in [0.2, 0.25) is 0 Å². The Hall–Kier alpha value is -3.75. The summed E-state index contributed by atoms with van der Waals surface area (Å²) >= 11 is 0. The average Bonchev–Trinajstić information content (AvgIpc) is 2.91. The molecule has 0 saturated carbocycles. The number of amides is 1. The van der Waals surface area contributed by atoms with Crippen molar-refractivity contribution < 1.29 is 4.79 Å². The second kappa shape index (κ2) is 10.0. The molecule has 0 N–H and O–H groups in total. The van der Waals surface area contributed by atoms with Crippen LogP contribution < -0.4 is 15.4 Å². The van der Waals surface area contributed by atoms with E-state index in [2.05, 4.69) is 24.9 Å². The zero-order chi connectivity index (χ0) is 23.3. The van der Waals surface area contributed by atoms with E-state index in [-0.39, 0.29) is 17.4 Å². The normalized spacial score (nSPS) is 18.7. The van der Waals surface area contributed by atoms with Crippen molar-refractivity contribution in [2.24, 2.45) is 5.92 Å². The first kappa shape index (κ1) is 22.1. The molecule has 2 aliphatic heterocycles. The molecular weight excluding hydrogens is 430 g/mol. The molecule has 1 atom stereocenters. The number of anilines is 2. The van der Waals surface area contributed by atoms with Crippen LogP contribution in [0.4, 0.5) is 11.6 Å². The number of benzene rings is 1. The Balaban J connectivity index is 1.20. The van der Waals surface area contributed by atoms with Crippen LogP contribution in [0.5, 0.6) is 0 Å². The van der Waals surface area contributed by atoms with E-state index in [1.165, 1.54) is 4.68 Å². The van der Waals surface area contributed by atoms with Crippen LogP contribution in [0.3, 0.4) is 0 Å². The van der Waals surface area contributed by atoms with Gasteiger partial charge in [0, 0.05) is 57.7 Å². The summed E-state index contributed by atoms with van der Waals surface area (Å²) in [6, 6.07) is 13.3. The summed E-state index contributed by atoms with van der Waals surface area (Å²) in [5.74, 6) is 0.844. The monoisotopic (exact) mass is 459 g/mol. The predicted molar refractivity (Wildman–Crippen MR) is 130 cm³/mol. The first-order valence-electron chi connectivity index (χ1n) is 11.8. The fourth-order valence-electron chi connectivity index (χ4n) is 4.72. The van der Waals surface area contributed by atoms with E-state index in [0.29, 0.717) is 32.1 Å². The number of piperazine rings is 1. The van der Waals surface area contributed by atoms with Crippen LogP contribution in [0.15, 0.2) is 65.8 Å². The number of carbonyl (C=O) groups is 1. The summed E-state index contributed by atoms with van der Waals surface area (Å²) in [4.78, 5) is 40.8. The minimum Gasteiger partial charge on any atom is -0.369 e. The average molecular weight is 460 g/mol. The molecule has 176 valence electrons. The molecule has 0 radical (unpaired) electrons. The number of rotatable bonds is 5. The summed E-state index contributed by atoms with van der Waals surface area (Å²) in [6.45, 7) is 4.69. The lowest BCUT2D eigenvalue weighted by atomic mass is 9.96. The summed E-state index contributed by atoms with van der Waals surface area (Å²) < 4.78 is 1.47. The first-order valence-corrected chi connectivity index (χ1v) is 11.8. The predicted octanol–water partition coefficient (Wildman–Crippen LogP) is 1.65. The van der Waals surface area contributed by atoms with Crippen molar-refractivity contribution in [1.29, 1.82) is 0 Å². The summed E-state index contributed by atoms with van der Waals surface area (Å²) in [5, 5.41) is 4.40. The van der Waals surface area contributed by atoms with E-state index in [4.69, 9.17) is 0 Å². The Bertz CT molecular complexity index is 1160. The van der Waals surface area contributed by atoms with E-state index in [9.17, 15) is 9.59 Å². The van der Waals surface area contributed by atoms with Gasteiger partial charge in [-0.2, -0.15) is 5.10 Å². The number of piperidine rings is 1. The topological polar surface area (TPSA) is 87.5 Å². The van der Waals surface area contributed by atoms with Gasteiger partial charge in [-0.1, -0.05) is 30.3 Å². The lowest BCUT2D eigenvalue weighted by Gasteiger charge is -2.39. The highest BCUT2D eigenvalue weighted by atomic mass is 16.2. The van der Waals surface area contributed by atoms with Crippen molar-refractivity contribution in [1.82, 2.24) is 24.6 Å². The van der Waals surface area contributed by atoms with Gasteiger partial charge < -0.3 is 14.7 Å². The van der Waals surface area contributed by atoms with E-state index in [1.807, 2.05) is 35.2 Å². The van der Waals surface area contributed by atoms with E-state index in [0.717, 1.165) is 43.7 Å². The lowest BCUT2D eigenvalue weighted by Crippen LogP contribution is -2.53. The summed E-state index contributed by atoms with van der Waals surface area (Å²) in [6.07, 6.45) is 7.02. The SMILES string of the molecule is O=C([C@H]1CCCN(c2cnn(Cc3ccccc3)c(=O)c2)C1)N1CCN(c2ncccn2)CC1. The van der Waals surface area contributed by atoms with Gasteiger partial charge in [0.05, 0.1) is 24.3 Å². The van der Waals surface area contributed by atoms with Crippen molar-refractivity contribution in [3.8, 4) is 0 Å². The van der Waals surface area contributed by atoms with Gasteiger partial charge in [-0.25, -0.2) is 14.6 Å². The minimum absolute atomic E-state index is 0.0694. The quantitative estimate of drug-likeness (QED) is 0.573. The fraction of sp³-hybridized carbons (Fsp3) is 0.400. The molecule has 34 heavy (non-hydrogen) atoms. The molecule has 2 aliphatic rings. The molecule has 0 aliphatic carbocycles. The van der Waals surface area contributed by atoms with Gasteiger partial charge in [-0.15, -0.1) is 0 Å². The minimum atomic E-state index is -0.131. The molecule has 0 bridgehead atoms. The zero-order valence-corrected chi connectivity index (χ0v) is 19.2. The van der Waals surface area contributed by atoms with Crippen LogP contribution in [0.1, 0.15) is 18.4 Å². The maximum absolute atomic E-state index is 13.3. The van der Waals surface area contributed by atoms with Gasteiger partial charge in [-0.05, 0) is 24.5 Å². The number of nitrogens with zero attached hydrogens (tertiary/aromatic N) is 7. The van der Waals surface area contributed by atoms with Gasteiger partial charge in [0.15, 0.2) is 0 Å². The molecule has 2 aromatic heterocycles. The maximum atomic E-state index is 13.3. The number of hydrogen-bond acceptors (Lipinski definition) is 7. The van der Waals surface area contributed by atoms with Crippen molar-refractivity contribution in [3.05, 3.63) is 77.0 Å². The van der Waals surface area contributed by atoms with Gasteiger partial charge in [0.1, 0.15) is 0 Å². The van der Waals surface area contributed by atoms with Gasteiger partial charge >= 0.3 is 0 Å². The van der Waals surface area contributed by atoms with E-state index in [1.54, 1.807) is 30.7 Å². The van der Waals surface area contributed by atoms with Crippen LogP contribution in [0.25, 0.3) is 0 Å². The molecule has 2 saturated heterocycles. The molecule has 1 amide bonds. The fourth-order valence-corrected chi connectivity index (χ4v) is 4.72. The molecule has 1 aromatic carbocycles. The Morgan fingerprint density at radius 1 is 0.941 bits per heavy atom. The van der Waals surface area contributed by atoms with Gasteiger partial charge in [0.2, 0.25) is 11.9 Å². The van der Waals surface area contributed by atoms with E-state index >= 15 is 0 Å². The molecule has 3 aromatic rings. The van der Waals surface area contributed by atoms with Crippen molar-refractivity contribution in [3.63, 3.8) is 0 Å². The van der Waals surface area contributed by atoms with Crippen LogP contribution in [-0.4, -0.2) is 69.8 Å². The van der Waals surface area contributed by atoms with Crippen molar-refractivity contribution in [2.75, 3.05) is 49.1 Å². The number of hydrogen-bond donors (Lipinski definition) is 0. The van der Waals surface area contributed by atoms with E-state index < -0.39 is 0 Å². The third-order valence-corrected chi connectivity index (χ3v) is 6.59. The second-order valence-electron chi connectivity index (χ2n) is 8.84. The smallest absolute Gasteiger partial charge is 0.269 e. The second-order valence-corrected chi connectivity index (χ2v) is 8.84. The summed E-state index contributed by atoms with van der Waals surface area (Å²) in [7, 11) is 0. The standard InChI is InChI=1S/C25H29N7O2/c33-23-16-22(17-28-32(23)18-20-6-2-1-3-7-20)31-11-4-8-21(19-31)24(34)29-12-14-30(15-13-29)25-26-9-5-10-27-25/h1-3,5-7,9-10,16-17,21H,4,8,11-15,18-19H2/t21-/m0/s1. The zero-order valence-electron chi connectivity index (χ0n) is 19.2.